The van der Waals surface area contributed by atoms with Crippen molar-refractivity contribution in [2.45, 2.75) is 26.3 Å². The third kappa shape index (κ3) is 3.47. The molecule has 15 heavy (non-hydrogen) atoms. The van der Waals surface area contributed by atoms with Gasteiger partial charge in [-0.05, 0) is 5.92 Å². The second-order valence-corrected chi connectivity index (χ2v) is 4.12. The minimum atomic E-state index is -0.210. The van der Waals surface area contributed by atoms with Crippen molar-refractivity contribution in [3.05, 3.63) is 0 Å². The van der Waals surface area contributed by atoms with Gasteiger partial charge < -0.3 is 9.47 Å². The summed E-state index contributed by atoms with van der Waals surface area (Å²) in [6.45, 7) is 7.30. The summed E-state index contributed by atoms with van der Waals surface area (Å²) < 4.78 is 10.1. The van der Waals surface area contributed by atoms with Crippen LogP contribution in [0.5, 0.6) is 0 Å². The van der Waals surface area contributed by atoms with Crippen LogP contribution in [0.3, 0.4) is 0 Å². The lowest BCUT2D eigenvalue weighted by Gasteiger charge is -2.35. The minimum absolute atomic E-state index is 0.182. The fourth-order valence-corrected chi connectivity index (χ4v) is 1.74. The van der Waals surface area contributed by atoms with Gasteiger partial charge in [-0.2, -0.15) is 0 Å². The summed E-state index contributed by atoms with van der Waals surface area (Å²) in [5, 5.41) is 0. The minimum Gasteiger partial charge on any atom is -0.468 e. The molecule has 4 heteroatoms. The summed E-state index contributed by atoms with van der Waals surface area (Å²) in [4.78, 5) is 13.7. The number of hydrogen-bond acceptors (Lipinski definition) is 4. The quantitative estimate of drug-likeness (QED) is 0.653. The van der Waals surface area contributed by atoms with Crippen LogP contribution in [0.25, 0.3) is 0 Å². The van der Waals surface area contributed by atoms with Gasteiger partial charge in [0.15, 0.2) is 0 Å². The zero-order chi connectivity index (χ0) is 11.3. The molecule has 0 amide bonds. The van der Waals surface area contributed by atoms with Crippen molar-refractivity contribution in [3.63, 3.8) is 0 Å². The van der Waals surface area contributed by atoms with Gasteiger partial charge in [0.25, 0.3) is 0 Å². The smallest absolute Gasteiger partial charge is 0.325 e. The Labute approximate surface area is 91.5 Å². The van der Waals surface area contributed by atoms with Crippen LogP contribution in [0.4, 0.5) is 0 Å². The number of hydrogen-bond donors (Lipinski definition) is 0. The van der Waals surface area contributed by atoms with Gasteiger partial charge in [0.05, 0.1) is 20.3 Å². The monoisotopic (exact) mass is 215 g/mol. The van der Waals surface area contributed by atoms with Gasteiger partial charge in [0.1, 0.15) is 6.04 Å². The number of carbonyl (C=O) groups excluding carboxylic acids is 1. The average Bonchev–Trinajstić information content (AvgIpc) is 2.28. The van der Waals surface area contributed by atoms with Gasteiger partial charge in [-0.15, -0.1) is 0 Å². The zero-order valence-electron chi connectivity index (χ0n) is 9.86. The van der Waals surface area contributed by atoms with E-state index in [0.29, 0.717) is 19.1 Å². The van der Waals surface area contributed by atoms with E-state index >= 15 is 0 Å². The number of rotatable bonds is 4. The van der Waals surface area contributed by atoms with Crippen LogP contribution in [-0.4, -0.2) is 50.3 Å². The molecule has 0 aromatic rings. The van der Waals surface area contributed by atoms with Crippen LogP contribution in [0.15, 0.2) is 0 Å². The predicted molar refractivity (Wildman–Crippen MR) is 57.7 cm³/mol. The molecule has 0 radical (unpaired) electrons. The molecule has 0 N–H and O–H groups in total. The standard InChI is InChI=1S/C11H21NO3/c1-4-9(2)7-12-5-6-15-8-10(12)11(13)14-3/h9-10H,4-8H2,1-3H3. The Balaban J connectivity index is 2.53. The van der Waals surface area contributed by atoms with E-state index < -0.39 is 0 Å². The molecular weight excluding hydrogens is 194 g/mol. The molecule has 0 aromatic heterocycles. The Morgan fingerprint density at radius 3 is 3.00 bits per heavy atom. The SMILES string of the molecule is CCC(C)CN1CCOCC1C(=O)OC. The summed E-state index contributed by atoms with van der Waals surface area (Å²) >= 11 is 0. The maximum atomic E-state index is 11.5. The number of ether oxygens (including phenoxy) is 2. The average molecular weight is 215 g/mol. The molecule has 0 spiro atoms. The Morgan fingerprint density at radius 2 is 2.40 bits per heavy atom. The Morgan fingerprint density at radius 1 is 1.67 bits per heavy atom. The lowest BCUT2D eigenvalue weighted by molar-refractivity contribution is -0.153. The Kier molecular flexibility index (Phi) is 5.05. The number of esters is 1. The summed E-state index contributed by atoms with van der Waals surface area (Å²) in [6, 6.07) is -0.210. The lowest BCUT2D eigenvalue weighted by atomic mass is 10.1. The van der Waals surface area contributed by atoms with Crippen LogP contribution in [-0.2, 0) is 14.3 Å². The molecule has 1 rings (SSSR count). The van der Waals surface area contributed by atoms with Crippen molar-refractivity contribution in [1.82, 2.24) is 4.90 Å². The lowest BCUT2D eigenvalue weighted by Crippen LogP contribution is -2.51. The van der Waals surface area contributed by atoms with Gasteiger partial charge in [0, 0.05) is 13.1 Å². The molecule has 4 nitrogen and oxygen atoms in total. The highest BCUT2D eigenvalue weighted by molar-refractivity contribution is 5.75. The van der Waals surface area contributed by atoms with E-state index in [2.05, 4.69) is 18.7 Å². The molecule has 2 atom stereocenters. The third-order valence-electron chi connectivity index (χ3n) is 2.96. The van der Waals surface area contributed by atoms with Gasteiger partial charge in [-0.3, -0.25) is 9.69 Å². The maximum Gasteiger partial charge on any atom is 0.325 e. The normalized spacial score (nSPS) is 24.9. The molecule has 1 saturated heterocycles. The molecule has 88 valence electrons. The molecule has 1 fully saturated rings. The highest BCUT2D eigenvalue weighted by atomic mass is 16.5. The number of methoxy groups -OCH3 is 1. The van der Waals surface area contributed by atoms with Crippen LogP contribution >= 0.6 is 0 Å². The van der Waals surface area contributed by atoms with Gasteiger partial charge in [-0.1, -0.05) is 20.3 Å². The zero-order valence-corrected chi connectivity index (χ0v) is 9.86. The molecule has 1 heterocycles. The second-order valence-electron chi connectivity index (χ2n) is 4.12. The van der Waals surface area contributed by atoms with Crippen LogP contribution in [0, 0.1) is 5.92 Å². The van der Waals surface area contributed by atoms with Crippen molar-refractivity contribution in [1.29, 1.82) is 0 Å². The van der Waals surface area contributed by atoms with Crippen LogP contribution < -0.4 is 0 Å². The summed E-state index contributed by atoms with van der Waals surface area (Å²) in [6.07, 6.45) is 1.13. The molecule has 0 saturated carbocycles. The predicted octanol–water partition coefficient (Wildman–Crippen LogP) is 0.906. The topological polar surface area (TPSA) is 38.8 Å². The first-order valence-corrected chi connectivity index (χ1v) is 5.58. The summed E-state index contributed by atoms with van der Waals surface area (Å²) in [5.74, 6) is 0.424. The Bertz CT molecular complexity index is 208. The van der Waals surface area contributed by atoms with Crippen molar-refractivity contribution in [2.75, 3.05) is 33.4 Å². The fourth-order valence-electron chi connectivity index (χ4n) is 1.74. The van der Waals surface area contributed by atoms with E-state index in [4.69, 9.17) is 9.47 Å². The number of nitrogens with zero attached hydrogens (tertiary/aromatic N) is 1. The van der Waals surface area contributed by atoms with Crippen molar-refractivity contribution in [3.8, 4) is 0 Å². The van der Waals surface area contributed by atoms with Gasteiger partial charge in [-0.25, -0.2) is 0 Å². The highest BCUT2D eigenvalue weighted by Gasteiger charge is 2.30. The van der Waals surface area contributed by atoms with Crippen molar-refractivity contribution >= 4 is 5.97 Å². The third-order valence-corrected chi connectivity index (χ3v) is 2.96. The van der Waals surface area contributed by atoms with Crippen LogP contribution in [0.2, 0.25) is 0 Å². The van der Waals surface area contributed by atoms with E-state index in [1.807, 2.05) is 0 Å². The molecule has 1 aliphatic rings. The van der Waals surface area contributed by atoms with Gasteiger partial charge in [0.2, 0.25) is 0 Å². The number of morpholine rings is 1. The van der Waals surface area contributed by atoms with Crippen molar-refractivity contribution in [2.24, 2.45) is 5.92 Å². The first-order valence-electron chi connectivity index (χ1n) is 5.58. The van der Waals surface area contributed by atoms with Crippen LogP contribution in [0.1, 0.15) is 20.3 Å². The Hall–Kier alpha value is -0.610. The molecule has 0 bridgehead atoms. The molecule has 2 unspecified atom stereocenters. The van der Waals surface area contributed by atoms with Gasteiger partial charge >= 0.3 is 5.97 Å². The second kappa shape index (κ2) is 6.08. The summed E-state index contributed by atoms with van der Waals surface area (Å²) in [5.41, 5.74) is 0. The van der Waals surface area contributed by atoms with E-state index in [1.165, 1.54) is 7.11 Å². The number of carbonyl (C=O) groups is 1. The van der Waals surface area contributed by atoms with E-state index in [0.717, 1.165) is 19.5 Å². The fraction of sp³-hybridized carbons (Fsp3) is 0.909. The first kappa shape index (κ1) is 12.5. The van der Waals surface area contributed by atoms with E-state index in [-0.39, 0.29) is 12.0 Å². The van der Waals surface area contributed by atoms with E-state index in [9.17, 15) is 4.79 Å². The molecule has 0 aliphatic carbocycles. The first-order chi connectivity index (χ1) is 7.19. The van der Waals surface area contributed by atoms with Crippen molar-refractivity contribution < 1.29 is 14.3 Å². The maximum absolute atomic E-state index is 11.5. The van der Waals surface area contributed by atoms with E-state index in [1.54, 1.807) is 0 Å². The molecular formula is C11H21NO3. The largest absolute Gasteiger partial charge is 0.468 e. The molecule has 0 aromatic carbocycles. The summed E-state index contributed by atoms with van der Waals surface area (Å²) in [7, 11) is 1.43. The molecule has 1 aliphatic heterocycles. The highest BCUT2D eigenvalue weighted by Crippen LogP contribution is 2.12.